The Kier molecular flexibility index (Phi) is 7.62. The molecule has 0 spiro atoms. The number of aromatic amines is 1. The summed E-state index contributed by atoms with van der Waals surface area (Å²) in [6.07, 6.45) is 4.62. The van der Waals surface area contributed by atoms with Gasteiger partial charge in [0.15, 0.2) is 0 Å². The highest BCUT2D eigenvalue weighted by Crippen LogP contribution is 2.19. The van der Waals surface area contributed by atoms with Crippen molar-refractivity contribution in [3.8, 4) is 0 Å². The number of amides is 3. The van der Waals surface area contributed by atoms with Gasteiger partial charge in [-0.25, -0.2) is 4.79 Å². The molecule has 3 aromatic rings. The Balaban J connectivity index is 1.40. The van der Waals surface area contributed by atoms with E-state index in [1.54, 1.807) is 0 Å². The van der Waals surface area contributed by atoms with Gasteiger partial charge in [-0.1, -0.05) is 55.5 Å². The van der Waals surface area contributed by atoms with Crippen LogP contribution in [0, 0.1) is 5.92 Å². The number of likely N-dealkylation sites (tertiary alicyclic amines) is 1. The van der Waals surface area contributed by atoms with Gasteiger partial charge in [0.1, 0.15) is 6.04 Å². The quantitative estimate of drug-likeness (QED) is 0.427. The molecule has 1 aliphatic heterocycles. The molecule has 33 heavy (non-hydrogen) atoms. The van der Waals surface area contributed by atoms with Crippen molar-refractivity contribution >= 4 is 22.8 Å². The molecular weight excluding hydrogens is 414 g/mol. The van der Waals surface area contributed by atoms with Gasteiger partial charge in [-0.3, -0.25) is 9.69 Å². The smallest absolute Gasteiger partial charge is 0.315 e. The number of H-pyrrole nitrogens is 1. The first kappa shape index (κ1) is 22.9. The molecule has 0 saturated carbocycles. The molecule has 0 radical (unpaired) electrons. The fourth-order valence-corrected chi connectivity index (χ4v) is 4.25. The second-order valence-corrected chi connectivity index (χ2v) is 8.93. The summed E-state index contributed by atoms with van der Waals surface area (Å²) in [6.45, 7) is 5.15. The number of carbonyl (C=O) groups is 2. The van der Waals surface area contributed by atoms with Gasteiger partial charge in [0.25, 0.3) is 0 Å². The molecule has 2 aromatic carbocycles. The van der Waals surface area contributed by atoms with Crippen LogP contribution in [-0.2, 0) is 17.8 Å². The molecule has 1 aliphatic rings. The molecule has 2 heterocycles. The number of fused-ring (bicyclic) bond motifs is 1. The molecule has 0 unspecified atom stereocenters. The highest BCUT2D eigenvalue weighted by Gasteiger charge is 2.24. The Hall–Kier alpha value is -3.32. The van der Waals surface area contributed by atoms with Crippen LogP contribution in [0.4, 0.5) is 4.79 Å². The zero-order valence-corrected chi connectivity index (χ0v) is 19.1. The summed E-state index contributed by atoms with van der Waals surface area (Å²) >= 11 is 0. The minimum atomic E-state index is -0.677. The number of benzene rings is 2. The van der Waals surface area contributed by atoms with Crippen molar-refractivity contribution in [3.63, 3.8) is 0 Å². The number of para-hydroxylation sites is 1. The third-order valence-electron chi connectivity index (χ3n) is 6.37. The fourth-order valence-electron chi connectivity index (χ4n) is 4.25. The number of nitrogens with zero attached hydrogens (tertiary/aromatic N) is 1. The number of aromatic nitrogens is 1. The first-order valence-corrected chi connectivity index (χ1v) is 11.7. The SMILES string of the molecule is CC1CCN(CNC(=O)[C@H](Cc2c[nH]c3ccccc23)NC(=O)NCc2ccccc2)CC1. The van der Waals surface area contributed by atoms with Crippen LogP contribution in [0.2, 0.25) is 0 Å². The lowest BCUT2D eigenvalue weighted by molar-refractivity contribution is -0.123. The van der Waals surface area contributed by atoms with Crippen molar-refractivity contribution in [1.29, 1.82) is 0 Å². The number of piperidine rings is 1. The van der Waals surface area contributed by atoms with E-state index in [1.807, 2.05) is 60.8 Å². The Morgan fingerprint density at radius 3 is 2.55 bits per heavy atom. The van der Waals surface area contributed by atoms with Crippen molar-refractivity contribution in [2.24, 2.45) is 5.92 Å². The summed E-state index contributed by atoms with van der Waals surface area (Å²) in [7, 11) is 0. The van der Waals surface area contributed by atoms with Gasteiger partial charge in [0, 0.05) is 43.2 Å². The number of carbonyl (C=O) groups excluding carboxylic acids is 2. The van der Waals surface area contributed by atoms with E-state index in [0.717, 1.165) is 53.9 Å². The van der Waals surface area contributed by atoms with E-state index in [0.29, 0.717) is 19.6 Å². The van der Waals surface area contributed by atoms with Crippen LogP contribution in [0.3, 0.4) is 0 Å². The van der Waals surface area contributed by atoms with E-state index in [-0.39, 0.29) is 11.9 Å². The minimum Gasteiger partial charge on any atom is -0.361 e. The lowest BCUT2D eigenvalue weighted by Gasteiger charge is -2.30. The van der Waals surface area contributed by atoms with E-state index in [9.17, 15) is 9.59 Å². The van der Waals surface area contributed by atoms with Crippen molar-refractivity contribution in [2.45, 2.75) is 38.8 Å². The van der Waals surface area contributed by atoms with Gasteiger partial charge in [-0.15, -0.1) is 0 Å². The number of urea groups is 1. The molecule has 4 rings (SSSR count). The van der Waals surface area contributed by atoms with Crippen molar-refractivity contribution < 1.29 is 9.59 Å². The molecule has 3 amide bonds. The Bertz CT molecular complexity index is 1060. The van der Waals surface area contributed by atoms with Crippen LogP contribution < -0.4 is 16.0 Å². The third-order valence-corrected chi connectivity index (χ3v) is 6.37. The predicted molar refractivity (Wildman–Crippen MR) is 131 cm³/mol. The van der Waals surface area contributed by atoms with Gasteiger partial charge >= 0.3 is 6.03 Å². The molecule has 7 nitrogen and oxygen atoms in total. The van der Waals surface area contributed by atoms with Gasteiger partial charge in [0.05, 0.1) is 6.67 Å². The molecule has 1 atom stereocenters. The summed E-state index contributed by atoms with van der Waals surface area (Å²) in [4.78, 5) is 31.3. The molecule has 0 bridgehead atoms. The predicted octanol–water partition coefficient (Wildman–Crippen LogP) is 3.38. The summed E-state index contributed by atoms with van der Waals surface area (Å²) in [6, 6.07) is 16.7. The van der Waals surface area contributed by atoms with Crippen molar-refractivity contribution in [2.75, 3.05) is 19.8 Å². The summed E-state index contributed by atoms with van der Waals surface area (Å²) in [5, 5.41) is 9.86. The van der Waals surface area contributed by atoms with Gasteiger partial charge in [-0.2, -0.15) is 0 Å². The zero-order valence-electron chi connectivity index (χ0n) is 19.1. The normalized spacial score (nSPS) is 15.8. The maximum absolute atomic E-state index is 13.1. The molecule has 4 N–H and O–H groups in total. The van der Waals surface area contributed by atoms with E-state index >= 15 is 0 Å². The topological polar surface area (TPSA) is 89.3 Å². The van der Waals surface area contributed by atoms with E-state index < -0.39 is 6.04 Å². The molecular formula is C26H33N5O2. The second-order valence-electron chi connectivity index (χ2n) is 8.93. The third kappa shape index (κ3) is 6.35. The standard InChI is InChI=1S/C26H33N5O2/c1-19-11-13-31(14-12-19)18-29-25(32)24(15-21-17-27-23-10-6-5-9-22(21)23)30-26(33)28-16-20-7-3-2-4-8-20/h2-10,17,19,24,27H,11-16,18H2,1H3,(H,29,32)(H2,28,30,33)/t24-/m0/s1. The minimum absolute atomic E-state index is 0.172. The molecule has 1 fully saturated rings. The Morgan fingerprint density at radius 1 is 1.03 bits per heavy atom. The van der Waals surface area contributed by atoms with Crippen LogP contribution in [0.1, 0.15) is 30.9 Å². The van der Waals surface area contributed by atoms with E-state index in [4.69, 9.17) is 0 Å². The maximum Gasteiger partial charge on any atom is 0.315 e. The van der Waals surface area contributed by atoms with Crippen LogP contribution in [0.25, 0.3) is 10.9 Å². The number of hydrogen-bond donors (Lipinski definition) is 4. The molecule has 0 aliphatic carbocycles. The highest BCUT2D eigenvalue weighted by molar-refractivity contribution is 5.89. The summed E-state index contributed by atoms with van der Waals surface area (Å²) in [5.41, 5.74) is 3.02. The molecule has 7 heteroatoms. The largest absolute Gasteiger partial charge is 0.361 e. The maximum atomic E-state index is 13.1. The fraction of sp³-hybridized carbons (Fsp3) is 0.385. The van der Waals surface area contributed by atoms with Crippen LogP contribution in [0.5, 0.6) is 0 Å². The lowest BCUT2D eigenvalue weighted by atomic mass is 10.00. The van der Waals surface area contributed by atoms with Gasteiger partial charge < -0.3 is 20.9 Å². The molecule has 1 saturated heterocycles. The highest BCUT2D eigenvalue weighted by atomic mass is 16.2. The van der Waals surface area contributed by atoms with Gasteiger partial charge in [-0.05, 0) is 36.0 Å². The Morgan fingerprint density at radius 2 is 1.76 bits per heavy atom. The first-order chi connectivity index (χ1) is 16.1. The number of nitrogens with one attached hydrogen (secondary N) is 4. The van der Waals surface area contributed by atoms with Crippen molar-refractivity contribution in [3.05, 3.63) is 71.9 Å². The average Bonchev–Trinajstić information content (AvgIpc) is 3.25. The van der Waals surface area contributed by atoms with Crippen LogP contribution in [0.15, 0.2) is 60.8 Å². The van der Waals surface area contributed by atoms with Crippen molar-refractivity contribution in [1.82, 2.24) is 25.8 Å². The van der Waals surface area contributed by atoms with Crippen LogP contribution in [-0.4, -0.2) is 47.6 Å². The molecule has 1 aromatic heterocycles. The van der Waals surface area contributed by atoms with Crippen LogP contribution >= 0.6 is 0 Å². The second kappa shape index (κ2) is 11.0. The van der Waals surface area contributed by atoms with Gasteiger partial charge in [0.2, 0.25) is 5.91 Å². The summed E-state index contributed by atoms with van der Waals surface area (Å²) in [5.74, 6) is 0.565. The Labute approximate surface area is 194 Å². The molecule has 174 valence electrons. The average molecular weight is 448 g/mol. The summed E-state index contributed by atoms with van der Waals surface area (Å²) < 4.78 is 0. The number of hydrogen-bond acceptors (Lipinski definition) is 3. The lowest BCUT2D eigenvalue weighted by Crippen LogP contribution is -2.53. The number of rotatable bonds is 8. The first-order valence-electron chi connectivity index (χ1n) is 11.7. The van der Waals surface area contributed by atoms with E-state index in [1.165, 1.54) is 0 Å². The monoisotopic (exact) mass is 447 g/mol. The zero-order chi connectivity index (χ0) is 23.0. The van der Waals surface area contributed by atoms with E-state index in [2.05, 4.69) is 32.8 Å².